The van der Waals surface area contributed by atoms with Gasteiger partial charge >= 0.3 is 0 Å². The molecule has 1 heterocycles. The van der Waals surface area contributed by atoms with Gasteiger partial charge in [0, 0.05) is 18.4 Å². The molecule has 24 heavy (non-hydrogen) atoms. The summed E-state index contributed by atoms with van der Waals surface area (Å²) in [6, 6.07) is 9.47. The Balaban J connectivity index is 1.51. The Hall–Kier alpha value is -2.36. The minimum atomic E-state index is -0.193. The molecule has 0 bridgehead atoms. The highest BCUT2D eigenvalue weighted by molar-refractivity contribution is 5.98. The van der Waals surface area contributed by atoms with Crippen molar-refractivity contribution in [1.29, 1.82) is 0 Å². The summed E-state index contributed by atoms with van der Waals surface area (Å²) in [5.74, 6) is 1.44. The lowest BCUT2D eigenvalue weighted by atomic mass is 10.0. The third-order valence-electron chi connectivity index (χ3n) is 4.57. The molecule has 1 N–H and O–H groups in total. The van der Waals surface area contributed by atoms with Gasteiger partial charge in [0.25, 0.3) is 0 Å². The summed E-state index contributed by atoms with van der Waals surface area (Å²) in [6.07, 6.45) is 3.75. The van der Waals surface area contributed by atoms with Crippen LogP contribution in [0.1, 0.15) is 65.2 Å². The Morgan fingerprint density at radius 3 is 2.67 bits per heavy atom. The Morgan fingerprint density at radius 1 is 1.12 bits per heavy atom. The van der Waals surface area contributed by atoms with E-state index in [1.165, 1.54) is 17.5 Å². The number of furan rings is 1. The Morgan fingerprint density at radius 2 is 1.92 bits per heavy atom. The summed E-state index contributed by atoms with van der Waals surface area (Å²) in [5.41, 5.74) is 3.36. The lowest BCUT2D eigenvalue weighted by Gasteiger charge is -2.11. The van der Waals surface area contributed by atoms with E-state index in [9.17, 15) is 9.59 Å². The van der Waals surface area contributed by atoms with E-state index in [1.807, 2.05) is 38.1 Å². The molecule has 0 radical (unpaired) electrons. The Kier molecular flexibility index (Phi) is 4.84. The average molecular weight is 325 g/mol. The Bertz CT molecular complexity index is 760. The molecule has 0 aliphatic heterocycles. The third kappa shape index (κ3) is 3.75. The van der Waals surface area contributed by atoms with Crippen LogP contribution in [0.5, 0.6) is 0 Å². The zero-order valence-corrected chi connectivity index (χ0v) is 14.2. The number of ketones is 1. The van der Waals surface area contributed by atoms with Crippen LogP contribution in [0, 0.1) is 6.92 Å². The summed E-state index contributed by atoms with van der Waals surface area (Å²) in [4.78, 5) is 24.4. The van der Waals surface area contributed by atoms with Crippen LogP contribution < -0.4 is 5.32 Å². The van der Waals surface area contributed by atoms with Crippen molar-refractivity contribution in [3.8, 4) is 0 Å². The molecule has 4 nitrogen and oxygen atoms in total. The number of aryl methyl sites for hydroxylation is 3. The van der Waals surface area contributed by atoms with Gasteiger partial charge in [-0.25, -0.2) is 0 Å². The monoisotopic (exact) mass is 325 g/mol. The molecule has 1 aromatic carbocycles. The first-order valence-corrected chi connectivity index (χ1v) is 8.53. The van der Waals surface area contributed by atoms with E-state index in [0.717, 1.165) is 29.9 Å². The van der Waals surface area contributed by atoms with Gasteiger partial charge < -0.3 is 9.73 Å². The van der Waals surface area contributed by atoms with Gasteiger partial charge in [-0.15, -0.1) is 0 Å². The number of hydrogen-bond donors (Lipinski definition) is 1. The van der Waals surface area contributed by atoms with Crippen molar-refractivity contribution in [2.75, 3.05) is 0 Å². The predicted octanol–water partition coefficient (Wildman–Crippen LogP) is 3.92. The van der Waals surface area contributed by atoms with Crippen LogP contribution in [0.25, 0.3) is 0 Å². The largest absolute Gasteiger partial charge is 0.464 e. The van der Waals surface area contributed by atoms with E-state index in [4.69, 9.17) is 4.42 Å². The number of Topliss-reactive ketones (excluding diaryl/α,β-unsaturated/α-hetero) is 1. The highest BCUT2D eigenvalue weighted by atomic mass is 16.3. The molecule has 0 spiro atoms. The van der Waals surface area contributed by atoms with Crippen LogP contribution in [0.4, 0.5) is 0 Å². The number of benzene rings is 1. The van der Waals surface area contributed by atoms with Gasteiger partial charge in [-0.05, 0) is 62.4 Å². The van der Waals surface area contributed by atoms with Crippen LogP contribution in [0.3, 0.4) is 0 Å². The predicted molar refractivity (Wildman–Crippen MR) is 92.0 cm³/mol. The molecule has 1 aromatic heterocycles. The average Bonchev–Trinajstić information content (AvgIpc) is 3.20. The van der Waals surface area contributed by atoms with Gasteiger partial charge in [0.05, 0.1) is 6.04 Å². The van der Waals surface area contributed by atoms with Crippen LogP contribution in [0.2, 0.25) is 0 Å². The number of carbonyl (C=O) groups is 2. The molecule has 0 saturated carbocycles. The molecule has 1 aliphatic carbocycles. The number of fused-ring (bicyclic) bond motifs is 1. The standard InChI is InChI=1S/C20H23NO3/c1-13-6-10-19(24-13)14(2)21-20(23)11-9-18(22)17-8-7-15-4-3-5-16(15)12-17/h6-8,10,12,14H,3-5,9,11H2,1-2H3,(H,21,23). The molecule has 126 valence electrons. The first kappa shape index (κ1) is 16.5. The normalized spacial score (nSPS) is 14.2. The molecule has 1 amide bonds. The summed E-state index contributed by atoms with van der Waals surface area (Å²) in [6.45, 7) is 3.74. The van der Waals surface area contributed by atoms with Crippen molar-refractivity contribution in [2.24, 2.45) is 0 Å². The number of hydrogen-bond acceptors (Lipinski definition) is 3. The summed E-state index contributed by atoms with van der Waals surface area (Å²) >= 11 is 0. The minimum Gasteiger partial charge on any atom is -0.464 e. The first-order chi connectivity index (χ1) is 11.5. The lowest BCUT2D eigenvalue weighted by molar-refractivity contribution is -0.121. The Labute approximate surface area is 142 Å². The zero-order valence-electron chi connectivity index (χ0n) is 14.2. The van der Waals surface area contributed by atoms with Crippen LogP contribution in [-0.4, -0.2) is 11.7 Å². The van der Waals surface area contributed by atoms with Crippen LogP contribution >= 0.6 is 0 Å². The SMILES string of the molecule is Cc1ccc(C(C)NC(=O)CCC(=O)c2ccc3c(c2)CCC3)o1. The third-order valence-corrected chi connectivity index (χ3v) is 4.57. The van der Waals surface area contributed by atoms with Gasteiger partial charge in [0.2, 0.25) is 5.91 Å². The number of nitrogens with one attached hydrogen (secondary N) is 1. The maximum atomic E-state index is 12.3. The lowest BCUT2D eigenvalue weighted by Crippen LogP contribution is -2.26. The highest BCUT2D eigenvalue weighted by Crippen LogP contribution is 2.23. The molecule has 0 fully saturated rings. The smallest absolute Gasteiger partial charge is 0.221 e. The number of rotatable bonds is 6. The van der Waals surface area contributed by atoms with Crippen molar-refractivity contribution in [2.45, 2.75) is 52.0 Å². The first-order valence-electron chi connectivity index (χ1n) is 8.53. The number of carbonyl (C=O) groups excluding carboxylic acids is 2. The fourth-order valence-corrected chi connectivity index (χ4v) is 3.19. The maximum absolute atomic E-state index is 12.3. The van der Waals surface area contributed by atoms with Crippen molar-refractivity contribution < 1.29 is 14.0 Å². The molecule has 4 heteroatoms. The second-order valence-electron chi connectivity index (χ2n) is 6.50. The summed E-state index contributed by atoms with van der Waals surface area (Å²) < 4.78 is 5.50. The van der Waals surface area contributed by atoms with Crippen molar-refractivity contribution in [3.05, 3.63) is 58.5 Å². The molecule has 1 aliphatic rings. The summed E-state index contributed by atoms with van der Waals surface area (Å²) in [5, 5.41) is 2.87. The minimum absolute atomic E-state index is 0.0290. The second kappa shape index (κ2) is 7.04. The van der Waals surface area contributed by atoms with Crippen LogP contribution in [0.15, 0.2) is 34.7 Å². The summed E-state index contributed by atoms with van der Waals surface area (Å²) in [7, 11) is 0. The molecule has 0 saturated heterocycles. The molecular weight excluding hydrogens is 302 g/mol. The van der Waals surface area contributed by atoms with E-state index < -0.39 is 0 Å². The molecular formula is C20H23NO3. The van der Waals surface area contributed by atoms with E-state index in [0.29, 0.717) is 0 Å². The van der Waals surface area contributed by atoms with Crippen molar-refractivity contribution in [3.63, 3.8) is 0 Å². The van der Waals surface area contributed by atoms with Crippen molar-refractivity contribution in [1.82, 2.24) is 5.32 Å². The van der Waals surface area contributed by atoms with Crippen LogP contribution in [-0.2, 0) is 17.6 Å². The fraction of sp³-hybridized carbons (Fsp3) is 0.400. The van der Waals surface area contributed by atoms with Crippen molar-refractivity contribution >= 4 is 11.7 Å². The fourth-order valence-electron chi connectivity index (χ4n) is 3.19. The van der Waals surface area contributed by atoms with E-state index in [-0.39, 0.29) is 30.6 Å². The molecule has 2 aromatic rings. The number of amides is 1. The van der Waals surface area contributed by atoms with Gasteiger partial charge in [-0.2, -0.15) is 0 Å². The van der Waals surface area contributed by atoms with Gasteiger partial charge in [0.1, 0.15) is 11.5 Å². The topological polar surface area (TPSA) is 59.3 Å². The zero-order chi connectivity index (χ0) is 17.1. The highest BCUT2D eigenvalue weighted by Gasteiger charge is 2.16. The quantitative estimate of drug-likeness (QED) is 0.819. The second-order valence-corrected chi connectivity index (χ2v) is 6.50. The molecule has 3 rings (SSSR count). The van der Waals surface area contributed by atoms with Gasteiger partial charge in [-0.1, -0.05) is 12.1 Å². The van der Waals surface area contributed by atoms with E-state index in [1.54, 1.807) is 0 Å². The maximum Gasteiger partial charge on any atom is 0.221 e. The molecule has 1 atom stereocenters. The van der Waals surface area contributed by atoms with E-state index >= 15 is 0 Å². The van der Waals surface area contributed by atoms with Gasteiger partial charge in [0.15, 0.2) is 5.78 Å². The molecule has 1 unspecified atom stereocenters. The van der Waals surface area contributed by atoms with Gasteiger partial charge in [-0.3, -0.25) is 9.59 Å². The van der Waals surface area contributed by atoms with E-state index in [2.05, 4.69) is 11.4 Å².